The molecule has 106 valence electrons. The molecule has 4 N–H and O–H groups in total. The lowest BCUT2D eigenvalue weighted by molar-refractivity contribution is 0.0909. The first-order chi connectivity index (χ1) is 9.15. The molecule has 2 rings (SSSR count). The first-order valence-electron chi connectivity index (χ1n) is 6.90. The standard InChI is InChI=1S/C13H22N4OS/c1-3-8-6-4-5-7-9(8)16-12(18)10-11(14)17-13(15-2)19-10/h8-9H,3-7,14H2,1-2H3,(H,15,17)(H,16,18). The predicted molar refractivity (Wildman–Crippen MR) is 79.6 cm³/mol. The normalized spacial score (nSPS) is 23.1. The van der Waals surface area contributed by atoms with Crippen LogP contribution < -0.4 is 16.4 Å². The number of aromatic nitrogens is 1. The summed E-state index contributed by atoms with van der Waals surface area (Å²) in [5.41, 5.74) is 5.79. The van der Waals surface area contributed by atoms with Gasteiger partial charge in [0.15, 0.2) is 5.13 Å². The number of carbonyl (C=O) groups excluding carboxylic acids is 1. The number of nitrogens with one attached hydrogen (secondary N) is 2. The highest BCUT2D eigenvalue weighted by Crippen LogP contribution is 2.29. The maximum absolute atomic E-state index is 12.3. The van der Waals surface area contributed by atoms with E-state index in [-0.39, 0.29) is 11.9 Å². The molecule has 1 aromatic rings. The molecule has 0 spiro atoms. The summed E-state index contributed by atoms with van der Waals surface area (Å²) in [4.78, 5) is 16.9. The lowest BCUT2D eigenvalue weighted by Crippen LogP contribution is -2.41. The van der Waals surface area contributed by atoms with Crippen LogP contribution in [0.25, 0.3) is 0 Å². The van der Waals surface area contributed by atoms with Gasteiger partial charge in [0.25, 0.3) is 5.91 Å². The van der Waals surface area contributed by atoms with Crippen LogP contribution in [0.3, 0.4) is 0 Å². The highest BCUT2D eigenvalue weighted by Gasteiger charge is 2.26. The predicted octanol–water partition coefficient (Wildman–Crippen LogP) is 2.47. The molecule has 1 amide bonds. The van der Waals surface area contributed by atoms with Crippen LogP contribution in [0.2, 0.25) is 0 Å². The van der Waals surface area contributed by atoms with Gasteiger partial charge in [0.05, 0.1) is 0 Å². The number of anilines is 2. The lowest BCUT2D eigenvalue weighted by atomic mass is 9.83. The zero-order chi connectivity index (χ0) is 13.8. The number of amides is 1. The van der Waals surface area contributed by atoms with Gasteiger partial charge in [-0.05, 0) is 18.8 Å². The number of nitrogens with zero attached hydrogens (tertiary/aromatic N) is 1. The second-order valence-corrected chi connectivity index (χ2v) is 6.02. The van der Waals surface area contributed by atoms with Crippen LogP contribution >= 0.6 is 11.3 Å². The van der Waals surface area contributed by atoms with E-state index < -0.39 is 0 Å². The number of hydrogen-bond acceptors (Lipinski definition) is 5. The van der Waals surface area contributed by atoms with Crippen molar-refractivity contribution >= 4 is 28.2 Å². The number of nitrogen functional groups attached to an aromatic ring is 1. The average molecular weight is 282 g/mol. The molecular weight excluding hydrogens is 260 g/mol. The summed E-state index contributed by atoms with van der Waals surface area (Å²) >= 11 is 1.31. The lowest BCUT2D eigenvalue weighted by Gasteiger charge is -2.31. The van der Waals surface area contributed by atoms with Gasteiger partial charge in [-0.2, -0.15) is 0 Å². The number of rotatable bonds is 4. The summed E-state index contributed by atoms with van der Waals surface area (Å²) in [7, 11) is 1.77. The minimum atomic E-state index is -0.0816. The van der Waals surface area contributed by atoms with Crippen molar-refractivity contribution in [2.75, 3.05) is 18.1 Å². The molecule has 2 atom stereocenters. The third kappa shape index (κ3) is 3.18. The average Bonchev–Trinajstić information content (AvgIpc) is 2.80. The molecule has 0 aliphatic heterocycles. The Bertz CT molecular complexity index is 446. The quantitative estimate of drug-likeness (QED) is 0.792. The minimum absolute atomic E-state index is 0.0816. The molecular formula is C13H22N4OS. The van der Waals surface area contributed by atoms with Crippen LogP contribution in [0.5, 0.6) is 0 Å². The van der Waals surface area contributed by atoms with Gasteiger partial charge in [0, 0.05) is 13.1 Å². The Kier molecular flexibility index (Phi) is 4.63. The summed E-state index contributed by atoms with van der Waals surface area (Å²) in [6.07, 6.45) is 5.87. The van der Waals surface area contributed by atoms with Gasteiger partial charge in [0.1, 0.15) is 10.7 Å². The Morgan fingerprint density at radius 3 is 2.84 bits per heavy atom. The molecule has 0 saturated heterocycles. The van der Waals surface area contributed by atoms with Crippen molar-refractivity contribution in [3.63, 3.8) is 0 Å². The van der Waals surface area contributed by atoms with Crippen molar-refractivity contribution in [2.45, 2.75) is 45.1 Å². The topological polar surface area (TPSA) is 80.0 Å². The van der Waals surface area contributed by atoms with E-state index >= 15 is 0 Å². The molecule has 19 heavy (non-hydrogen) atoms. The highest BCUT2D eigenvalue weighted by molar-refractivity contribution is 7.18. The Balaban J connectivity index is 2.05. The molecule has 5 nitrogen and oxygen atoms in total. The van der Waals surface area contributed by atoms with E-state index in [2.05, 4.69) is 22.5 Å². The fourth-order valence-corrected chi connectivity index (χ4v) is 3.46. The molecule has 1 aliphatic carbocycles. The molecule has 2 unspecified atom stereocenters. The number of nitrogens with two attached hydrogens (primary N) is 1. The van der Waals surface area contributed by atoms with Crippen molar-refractivity contribution in [1.82, 2.24) is 10.3 Å². The smallest absolute Gasteiger partial charge is 0.265 e. The van der Waals surface area contributed by atoms with Crippen molar-refractivity contribution < 1.29 is 4.79 Å². The van der Waals surface area contributed by atoms with Crippen LogP contribution in [0.1, 0.15) is 48.7 Å². The Hall–Kier alpha value is -1.30. The monoisotopic (exact) mass is 282 g/mol. The maximum Gasteiger partial charge on any atom is 0.265 e. The molecule has 0 radical (unpaired) electrons. The number of hydrogen-bond donors (Lipinski definition) is 3. The second-order valence-electron chi connectivity index (χ2n) is 5.02. The second kappa shape index (κ2) is 6.23. The molecule has 6 heteroatoms. The fourth-order valence-electron chi connectivity index (χ4n) is 2.72. The molecule has 1 aliphatic rings. The minimum Gasteiger partial charge on any atom is -0.382 e. The molecule has 0 aromatic carbocycles. The van der Waals surface area contributed by atoms with Crippen LogP contribution in [0.15, 0.2) is 0 Å². The van der Waals surface area contributed by atoms with Gasteiger partial charge in [0.2, 0.25) is 0 Å². The van der Waals surface area contributed by atoms with Gasteiger partial charge in [-0.3, -0.25) is 4.79 Å². The summed E-state index contributed by atoms with van der Waals surface area (Å²) < 4.78 is 0. The van der Waals surface area contributed by atoms with Crippen molar-refractivity contribution in [3.8, 4) is 0 Å². The molecule has 0 bridgehead atoms. The van der Waals surface area contributed by atoms with E-state index in [1.807, 2.05) is 0 Å². The third-order valence-corrected chi connectivity index (χ3v) is 4.91. The molecule has 1 saturated carbocycles. The van der Waals surface area contributed by atoms with Gasteiger partial charge < -0.3 is 16.4 Å². The van der Waals surface area contributed by atoms with Crippen LogP contribution in [0, 0.1) is 5.92 Å². The van der Waals surface area contributed by atoms with E-state index in [1.165, 1.54) is 30.6 Å². The number of thiazole rings is 1. The molecule has 1 heterocycles. The Morgan fingerprint density at radius 1 is 1.47 bits per heavy atom. The van der Waals surface area contributed by atoms with Gasteiger partial charge >= 0.3 is 0 Å². The van der Waals surface area contributed by atoms with E-state index in [0.717, 1.165) is 12.8 Å². The Labute approximate surface area is 118 Å². The Morgan fingerprint density at radius 2 is 2.21 bits per heavy atom. The van der Waals surface area contributed by atoms with Crippen LogP contribution in [-0.2, 0) is 0 Å². The fraction of sp³-hybridized carbons (Fsp3) is 0.692. The van der Waals surface area contributed by atoms with Crippen molar-refractivity contribution in [3.05, 3.63) is 4.88 Å². The zero-order valence-corrected chi connectivity index (χ0v) is 12.3. The maximum atomic E-state index is 12.3. The summed E-state index contributed by atoms with van der Waals surface area (Å²) in [6, 6.07) is 0.283. The summed E-state index contributed by atoms with van der Waals surface area (Å²) in [5.74, 6) is 0.827. The van der Waals surface area contributed by atoms with Crippen molar-refractivity contribution in [1.29, 1.82) is 0 Å². The molecule has 1 fully saturated rings. The zero-order valence-electron chi connectivity index (χ0n) is 11.5. The van der Waals surface area contributed by atoms with Crippen LogP contribution in [-0.4, -0.2) is 24.0 Å². The van der Waals surface area contributed by atoms with E-state index in [1.54, 1.807) is 7.05 Å². The first kappa shape index (κ1) is 14.1. The van der Waals surface area contributed by atoms with Crippen molar-refractivity contribution in [2.24, 2.45) is 5.92 Å². The SMILES string of the molecule is CCC1CCCCC1NC(=O)c1sc(NC)nc1N. The van der Waals surface area contributed by atoms with E-state index in [4.69, 9.17) is 5.73 Å². The third-order valence-electron chi connectivity index (χ3n) is 3.82. The first-order valence-corrected chi connectivity index (χ1v) is 7.72. The number of carbonyl (C=O) groups is 1. The summed E-state index contributed by atoms with van der Waals surface area (Å²) in [5, 5.41) is 6.73. The van der Waals surface area contributed by atoms with Gasteiger partial charge in [-0.25, -0.2) is 4.98 Å². The largest absolute Gasteiger partial charge is 0.382 e. The van der Waals surface area contributed by atoms with E-state index in [9.17, 15) is 4.79 Å². The van der Waals surface area contributed by atoms with E-state index in [0.29, 0.717) is 21.7 Å². The highest BCUT2D eigenvalue weighted by atomic mass is 32.1. The summed E-state index contributed by atoms with van der Waals surface area (Å²) in [6.45, 7) is 2.19. The van der Waals surface area contributed by atoms with Crippen LogP contribution in [0.4, 0.5) is 10.9 Å². The molecule has 1 aromatic heterocycles. The van der Waals surface area contributed by atoms with Gasteiger partial charge in [-0.15, -0.1) is 0 Å². The van der Waals surface area contributed by atoms with Gasteiger partial charge in [-0.1, -0.05) is 37.5 Å².